The zero-order valence-electron chi connectivity index (χ0n) is 21.6. The zero-order chi connectivity index (χ0) is 24.6. The van der Waals surface area contributed by atoms with Gasteiger partial charge >= 0.3 is 0 Å². The lowest BCUT2D eigenvalue weighted by atomic mass is 10.4. The molecule has 10 nitrogen and oxygen atoms in total. The summed E-state index contributed by atoms with van der Waals surface area (Å²) in [6.07, 6.45) is 2.01. The van der Waals surface area contributed by atoms with Crippen LogP contribution in [0.1, 0.15) is 46.2 Å². The first-order chi connectivity index (χ1) is 14.8. The van der Waals surface area contributed by atoms with Crippen LogP contribution in [0.5, 0.6) is 0 Å². The molecule has 0 amide bonds. The molecule has 0 fully saturated rings. The van der Waals surface area contributed by atoms with E-state index in [9.17, 15) is 0 Å². The van der Waals surface area contributed by atoms with Crippen molar-refractivity contribution >= 4 is 0 Å². The molecule has 0 saturated heterocycles. The van der Waals surface area contributed by atoms with Gasteiger partial charge in [-0.15, -0.1) is 0 Å². The Kier molecular flexibility index (Phi) is 9.96. The van der Waals surface area contributed by atoms with E-state index in [-0.39, 0.29) is 0 Å². The molecule has 0 saturated carbocycles. The van der Waals surface area contributed by atoms with Crippen molar-refractivity contribution in [3.63, 3.8) is 0 Å². The van der Waals surface area contributed by atoms with Gasteiger partial charge < -0.3 is 4.57 Å². The molecule has 4 aromatic rings. The predicted octanol–water partition coefficient (Wildman–Crippen LogP) is 2.94. The van der Waals surface area contributed by atoms with Gasteiger partial charge in [-0.2, -0.15) is 15.3 Å². The van der Waals surface area contributed by atoms with Crippen LogP contribution in [-0.4, -0.2) is 48.9 Å². The van der Waals surface area contributed by atoms with Gasteiger partial charge in [0.05, 0.1) is 11.4 Å². The van der Waals surface area contributed by atoms with Crippen molar-refractivity contribution in [1.29, 1.82) is 0 Å². The standard InChI is InChI=1S/2C6H10N2.2C5H9N3/c1-5-4-8(3)6(2)7-5;1-5-4-6(2)8(3)7-5;2*1-4-6-5(2)8(3)7-4/h2*4H,1-3H3;2*1-3H3. The Hall–Kier alpha value is -3.30. The summed E-state index contributed by atoms with van der Waals surface area (Å²) >= 11 is 0. The Bertz CT molecular complexity index is 855. The Morgan fingerprint density at radius 2 is 1.00 bits per heavy atom. The first kappa shape index (κ1) is 26.7. The molecule has 0 aromatic carbocycles. The highest BCUT2D eigenvalue weighted by molar-refractivity contribution is 5.05. The van der Waals surface area contributed by atoms with E-state index in [4.69, 9.17) is 0 Å². The largest absolute Gasteiger partial charge is 0.338 e. The summed E-state index contributed by atoms with van der Waals surface area (Å²) in [6.45, 7) is 15.6. The maximum absolute atomic E-state index is 4.17. The molecule has 0 spiro atoms. The molecule has 32 heavy (non-hydrogen) atoms. The van der Waals surface area contributed by atoms with Gasteiger partial charge in [-0.1, -0.05) is 0 Å². The van der Waals surface area contributed by atoms with E-state index < -0.39 is 0 Å². The average Bonchev–Trinajstić information content (AvgIpc) is 3.32. The minimum Gasteiger partial charge on any atom is -0.338 e. The summed E-state index contributed by atoms with van der Waals surface area (Å²) in [4.78, 5) is 12.3. The molecule has 4 rings (SSSR count). The summed E-state index contributed by atoms with van der Waals surface area (Å²) in [5, 5.41) is 12.2. The fraction of sp³-hybridized carbons (Fsp3) is 0.545. The van der Waals surface area contributed by atoms with Crippen LogP contribution in [0.15, 0.2) is 12.3 Å². The molecule has 0 aliphatic rings. The van der Waals surface area contributed by atoms with Crippen LogP contribution in [0.25, 0.3) is 0 Å². The van der Waals surface area contributed by atoms with Gasteiger partial charge in [0.2, 0.25) is 0 Å². The van der Waals surface area contributed by atoms with Crippen molar-refractivity contribution in [2.45, 2.75) is 55.4 Å². The minimum atomic E-state index is 0.838. The first-order valence-corrected chi connectivity index (χ1v) is 10.4. The fourth-order valence-electron chi connectivity index (χ4n) is 2.71. The number of aryl methyl sites for hydroxylation is 12. The maximum Gasteiger partial charge on any atom is 0.147 e. The quantitative estimate of drug-likeness (QED) is 0.415. The van der Waals surface area contributed by atoms with Crippen molar-refractivity contribution in [1.82, 2.24) is 48.9 Å². The Balaban J connectivity index is 0.000000213. The van der Waals surface area contributed by atoms with E-state index in [0.29, 0.717) is 0 Å². The Morgan fingerprint density at radius 1 is 0.531 bits per heavy atom. The molecule has 10 heteroatoms. The van der Waals surface area contributed by atoms with E-state index in [1.54, 1.807) is 9.36 Å². The van der Waals surface area contributed by atoms with E-state index in [1.165, 1.54) is 5.69 Å². The molecule has 0 aliphatic carbocycles. The summed E-state index contributed by atoms with van der Waals surface area (Å²) in [5.41, 5.74) is 3.39. The smallest absolute Gasteiger partial charge is 0.147 e. The molecule has 0 radical (unpaired) electrons. The molecule has 0 aliphatic heterocycles. The molecule has 0 bridgehead atoms. The van der Waals surface area contributed by atoms with Crippen LogP contribution in [0.4, 0.5) is 0 Å². The maximum atomic E-state index is 4.17. The lowest BCUT2D eigenvalue weighted by Crippen LogP contribution is -1.92. The number of nitrogens with zero attached hydrogens (tertiary/aromatic N) is 10. The van der Waals surface area contributed by atoms with Crippen molar-refractivity contribution in [3.8, 4) is 0 Å². The third-order valence-electron chi connectivity index (χ3n) is 4.64. The predicted molar refractivity (Wildman–Crippen MR) is 126 cm³/mol. The molecule has 0 unspecified atom stereocenters. The lowest BCUT2D eigenvalue weighted by Gasteiger charge is -1.87. The highest BCUT2D eigenvalue weighted by atomic mass is 15.3. The fourth-order valence-corrected chi connectivity index (χ4v) is 2.71. The van der Waals surface area contributed by atoms with E-state index >= 15 is 0 Å². The average molecular weight is 443 g/mol. The Morgan fingerprint density at radius 3 is 1.09 bits per heavy atom. The second-order valence-corrected chi connectivity index (χ2v) is 7.75. The second kappa shape index (κ2) is 11.9. The first-order valence-electron chi connectivity index (χ1n) is 10.4. The monoisotopic (exact) mass is 442 g/mol. The van der Waals surface area contributed by atoms with Crippen LogP contribution in [0, 0.1) is 55.4 Å². The molecule has 4 aromatic heterocycles. The Labute approximate surface area is 191 Å². The highest BCUT2D eigenvalue weighted by Crippen LogP contribution is 1.97. The van der Waals surface area contributed by atoms with Gasteiger partial charge in [0.1, 0.15) is 29.1 Å². The third-order valence-corrected chi connectivity index (χ3v) is 4.64. The zero-order valence-corrected chi connectivity index (χ0v) is 21.6. The van der Waals surface area contributed by atoms with E-state index in [1.807, 2.05) is 99.0 Å². The topological polar surface area (TPSA) is 97.1 Å². The minimum absolute atomic E-state index is 0.838. The van der Waals surface area contributed by atoms with Crippen molar-refractivity contribution < 1.29 is 0 Å². The SMILES string of the molecule is Cc1cc(C)n(C)n1.Cc1cn(C)c(C)n1.Cc1nc(C)n(C)n1.Cc1nc(C)n(C)n1. The number of rotatable bonds is 0. The summed E-state index contributed by atoms with van der Waals surface area (Å²) in [7, 11) is 7.71. The molecule has 0 N–H and O–H groups in total. The molecule has 0 atom stereocenters. The summed E-state index contributed by atoms with van der Waals surface area (Å²) in [6, 6.07) is 2.06. The van der Waals surface area contributed by atoms with E-state index in [2.05, 4.69) is 36.3 Å². The van der Waals surface area contributed by atoms with Crippen LogP contribution >= 0.6 is 0 Å². The normalized spacial score (nSPS) is 9.88. The van der Waals surface area contributed by atoms with Crippen molar-refractivity contribution in [2.24, 2.45) is 28.2 Å². The number of aromatic nitrogens is 10. The van der Waals surface area contributed by atoms with Gasteiger partial charge in [-0.05, 0) is 61.5 Å². The van der Waals surface area contributed by atoms with Gasteiger partial charge in [0.15, 0.2) is 0 Å². The van der Waals surface area contributed by atoms with Crippen LogP contribution < -0.4 is 0 Å². The molecular weight excluding hydrogens is 404 g/mol. The number of hydrogen-bond acceptors (Lipinski definition) is 6. The molecule has 176 valence electrons. The van der Waals surface area contributed by atoms with Gasteiger partial charge in [0, 0.05) is 40.1 Å². The van der Waals surface area contributed by atoms with Gasteiger partial charge in [-0.3, -0.25) is 14.0 Å². The number of hydrogen-bond donors (Lipinski definition) is 0. The van der Waals surface area contributed by atoms with Crippen LogP contribution in [0.3, 0.4) is 0 Å². The van der Waals surface area contributed by atoms with Gasteiger partial charge in [0.25, 0.3) is 0 Å². The summed E-state index contributed by atoms with van der Waals surface area (Å²) < 4.78 is 7.40. The van der Waals surface area contributed by atoms with Crippen molar-refractivity contribution in [3.05, 3.63) is 58.5 Å². The second-order valence-electron chi connectivity index (χ2n) is 7.75. The van der Waals surface area contributed by atoms with Crippen LogP contribution in [-0.2, 0) is 28.2 Å². The lowest BCUT2D eigenvalue weighted by molar-refractivity contribution is 0.728. The molecule has 4 heterocycles. The van der Waals surface area contributed by atoms with Crippen LogP contribution in [0.2, 0.25) is 0 Å². The van der Waals surface area contributed by atoms with Gasteiger partial charge in [-0.25, -0.2) is 15.0 Å². The number of imidazole rings is 1. The molecular formula is C22H38N10. The summed E-state index contributed by atoms with van der Waals surface area (Å²) in [5.74, 6) is 4.67. The highest BCUT2D eigenvalue weighted by Gasteiger charge is 1.94. The third kappa shape index (κ3) is 8.83. The van der Waals surface area contributed by atoms with Crippen molar-refractivity contribution in [2.75, 3.05) is 0 Å². The van der Waals surface area contributed by atoms with E-state index in [0.717, 1.165) is 40.5 Å².